The number of nitrogens with zero attached hydrogens (tertiary/aromatic N) is 2. The summed E-state index contributed by atoms with van der Waals surface area (Å²) >= 11 is 12.3. The van der Waals surface area contributed by atoms with E-state index < -0.39 is 15.9 Å². The van der Waals surface area contributed by atoms with Crippen molar-refractivity contribution in [3.8, 4) is 5.75 Å². The minimum atomic E-state index is -4.07. The number of sulfonamides is 1. The van der Waals surface area contributed by atoms with Crippen LogP contribution in [-0.2, 0) is 23.2 Å². The molecule has 228 valence electrons. The molecule has 0 spiro atoms. The average molecular weight is 659 g/mol. The molecule has 7 nitrogen and oxygen atoms in total. The van der Waals surface area contributed by atoms with Gasteiger partial charge in [0.2, 0.25) is 0 Å². The smallest absolute Gasteiger partial charge is 0.273 e. The topological polar surface area (TPSA) is 88.1 Å². The lowest BCUT2D eigenvalue weighted by atomic mass is 10.1. The maximum absolute atomic E-state index is 14.0. The lowest BCUT2D eigenvalue weighted by Crippen LogP contribution is -2.33. The van der Waals surface area contributed by atoms with Crippen LogP contribution >= 0.6 is 23.2 Å². The summed E-state index contributed by atoms with van der Waals surface area (Å²) in [6.45, 7) is 2.19. The highest BCUT2D eigenvalue weighted by Gasteiger charge is 2.28. The number of nitrogens with one attached hydrogen (secondary N) is 1. The Morgan fingerprint density at radius 2 is 1.51 bits per heavy atom. The number of hydrogen-bond acceptors (Lipinski definition) is 5. The fourth-order valence-corrected chi connectivity index (χ4v) is 6.22. The molecular weight excluding hydrogens is 629 g/mol. The number of rotatable bonds is 11. The number of anilines is 1. The van der Waals surface area contributed by atoms with Crippen LogP contribution in [-0.4, -0.2) is 20.5 Å². The molecule has 0 aliphatic heterocycles. The van der Waals surface area contributed by atoms with Crippen molar-refractivity contribution in [2.75, 3.05) is 4.31 Å². The average Bonchev–Trinajstić information content (AvgIpc) is 3.05. The van der Waals surface area contributed by atoms with Crippen LogP contribution in [0, 0.1) is 6.92 Å². The predicted octanol–water partition coefficient (Wildman–Crippen LogP) is 8.04. The fraction of sp³-hybridized carbons (Fsp3) is 0.0857. The van der Waals surface area contributed by atoms with Crippen LogP contribution in [0.15, 0.2) is 131 Å². The first-order valence-electron chi connectivity index (χ1n) is 13.9. The zero-order valence-corrected chi connectivity index (χ0v) is 26.6. The van der Waals surface area contributed by atoms with E-state index in [1.807, 2.05) is 31.2 Å². The summed E-state index contributed by atoms with van der Waals surface area (Å²) in [6.07, 6.45) is 1.49. The summed E-state index contributed by atoms with van der Waals surface area (Å²) in [5.41, 5.74) is 6.10. The Labute approximate surface area is 272 Å². The summed E-state index contributed by atoms with van der Waals surface area (Å²) in [4.78, 5) is 13.5. The van der Waals surface area contributed by atoms with Crippen molar-refractivity contribution < 1.29 is 17.9 Å². The standard InChI is InChI=1S/C35H29Cl2N3O4S/c1-25-10-20-31(21-11-25)45(42,43)40(23-27-12-16-29(36)17-13-27)34-9-5-3-7-32(34)35(41)39-38-22-26-14-18-30(19-15-26)44-24-28-6-2-4-8-33(28)37/h2-22H,23-24H2,1H3,(H,39,41)/b38-22-. The molecule has 1 amide bonds. The monoisotopic (exact) mass is 657 g/mol. The summed E-state index contributed by atoms with van der Waals surface area (Å²) in [7, 11) is -4.07. The summed E-state index contributed by atoms with van der Waals surface area (Å²) in [5, 5.41) is 5.28. The molecule has 0 bridgehead atoms. The van der Waals surface area contributed by atoms with Gasteiger partial charge in [-0.1, -0.05) is 83.4 Å². The van der Waals surface area contributed by atoms with Crippen LogP contribution in [0.1, 0.15) is 32.6 Å². The second-order valence-electron chi connectivity index (χ2n) is 10.1. The lowest BCUT2D eigenvalue weighted by Gasteiger charge is -2.26. The van der Waals surface area contributed by atoms with Gasteiger partial charge in [-0.05, 0) is 84.8 Å². The van der Waals surface area contributed by atoms with Crippen molar-refractivity contribution in [1.29, 1.82) is 0 Å². The molecule has 0 atom stereocenters. The third kappa shape index (κ3) is 8.10. The molecule has 10 heteroatoms. The van der Waals surface area contributed by atoms with Gasteiger partial charge in [-0.2, -0.15) is 5.10 Å². The Hall–Kier alpha value is -4.63. The number of carbonyl (C=O) groups is 1. The number of benzene rings is 5. The second-order valence-corrected chi connectivity index (χ2v) is 12.8. The summed E-state index contributed by atoms with van der Waals surface area (Å²) in [5.74, 6) is 0.0855. The quantitative estimate of drug-likeness (QED) is 0.115. The van der Waals surface area contributed by atoms with Crippen molar-refractivity contribution >= 4 is 51.0 Å². The lowest BCUT2D eigenvalue weighted by molar-refractivity contribution is 0.0955. The molecule has 5 aromatic carbocycles. The first-order valence-corrected chi connectivity index (χ1v) is 16.1. The molecule has 0 fully saturated rings. The van der Waals surface area contributed by atoms with Crippen LogP contribution in [0.4, 0.5) is 5.69 Å². The molecule has 0 aliphatic rings. The van der Waals surface area contributed by atoms with E-state index in [4.69, 9.17) is 27.9 Å². The number of carbonyl (C=O) groups excluding carboxylic acids is 1. The van der Waals surface area contributed by atoms with Crippen molar-refractivity contribution in [3.05, 3.63) is 159 Å². The van der Waals surface area contributed by atoms with E-state index >= 15 is 0 Å². The largest absolute Gasteiger partial charge is 0.489 e. The Morgan fingerprint density at radius 3 is 2.22 bits per heavy atom. The van der Waals surface area contributed by atoms with Gasteiger partial charge in [0.25, 0.3) is 15.9 Å². The number of amides is 1. The molecule has 0 heterocycles. The molecule has 0 unspecified atom stereocenters. The van der Waals surface area contributed by atoms with E-state index in [9.17, 15) is 13.2 Å². The van der Waals surface area contributed by atoms with Crippen LogP contribution in [0.3, 0.4) is 0 Å². The first kappa shape index (κ1) is 31.8. The van der Waals surface area contributed by atoms with E-state index in [0.29, 0.717) is 28.0 Å². The van der Waals surface area contributed by atoms with Crippen molar-refractivity contribution in [3.63, 3.8) is 0 Å². The molecule has 0 aliphatic carbocycles. The van der Waals surface area contributed by atoms with Crippen LogP contribution in [0.2, 0.25) is 10.0 Å². The Bertz CT molecular complexity index is 1910. The van der Waals surface area contributed by atoms with Gasteiger partial charge in [0.1, 0.15) is 12.4 Å². The second kappa shape index (κ2) is 14.4. The molecule has 5 aromatic rings. The molecule has 5 rings (SSSR count). The third-order valence-corrected chi connectivity index (χ3v) is 9.27. The highest BCUT2D eigenvalue weighted by Crippen LogP contribution is 2.30. The van der Waals surface area contributed by atoms with Gasteiger partial charge in [-0.25, -0.2) is 13.8 Å². The molecule has 1 N–H and O–H groups in total. The Balaban J connectivity index is 1.34. The third-order valence-electron chi connectivity index (χ3n) is 6.88. The van der Waals surface area contributed by atoms with E-state index in [1.54, 1.807) is 97.1 Å². The number of halogens is 2. The highest BCUT2D eigenvalue weighted by molar-refractivity contribution is 7.92. The number of para-hydroxylation sites is 1. The number of hydrazone groups is 1. The van der Waals surface area contributed by atoms with E-state index in [1.165, 1.54) is 10.5 Å². The number of ether oxygens (including phenoxy) is 1. The summed E-state index contributed by atoms with van der Waals surface area (Å²) < 4.78 is 35.0. The SMILES string of the molecule is Cc1ccc(S(=O)(=O)N(Cc2ccc(Cl)cc2)c2ccccc2C(=O)N/N=C\c2ccc(OCc3ccccc3Cl)cc2)cc1. The molecule has 45 heavy (non-hydrogen) atoms. The van der Waals surface area contributed by atoms with E-state index in [-0.39, 0.29) is 22.7 Å². The maximum Gasteiger partial charge on any atom is 0.273 e. The Kier molecular flexibility index (Phi) is 10.2. The fourth-order valence-electron chi connectivity index (χ4n) is 4.43. The minimum Gasteiger partial charge on any atom is -0.489 e. The number of hydrogen-bond donors (Lipinski definition) is 1. The van der Waals surface area contributed by atoms with Gasteiger partial charge in [0, 0.05) is 15.6 Å². The zero-order chi connectivity index (χ0) is 31.8. The normalized spacial score (nSPS) is 11.4. The van der Waals surface area contributed by atoms with E-state index in [2.05, 4.69) is 10.5 Å². The number of aryl methyl sites for hydroxylation is 1. The van der Waals surface area contributed by atoms with Gasteiger partial charge in [-0.15, -0.1) is 0 Å². The Morgan fingerprint density at radius 1 is 0.844 bits per heavy atom. The highest BCUT2D eigenvalue weighted by atomic mass is 35.5. The molecule has 0 saturated carbocycles. The van der Waals surface area contributed by atoms with Crippen molar-refractivity contribution in [2.45, 2.75) is 25.0 Å². The van der Waals surface area contributed by atoms with Gasteiger partial charge < -0.3 is 4.74 Å². The minimum absolute atomic E-state index is 0.0220. The van der Waals surface area contributed by atoms with Gasteiger partial charge in [-0.3, -0.25) is 9.10 Å². The molecule has 0 saturated heterocycles. The van der Waals surface area contributed by atoms with Crippen LogP contribution in [0.5, 0.6) is 5.75 Å². The maximum atomic E-state index is 14.0. The van der Waals surface area contributed by atoms with Gasteiger partial charge >= 0.3 is 0 Å². The molecule has 0 aromatic heterocycles. The van der Waals surface area contributed by atoms with Crippen molar-refractivity contribution in [2.24, 2.45) is 5.10 Å². The zero-order valence-electron chi connectivity index (χ0n) is 24.2. The van der Waals surface area contributed by atoms with Crippen LogP contribution in [0.25, 0.3) is 0 Å². The van der Waals surface area contributed by atoms with Gasteiger partial charge in [0.05, 0.1) is 28.9 Å². The molecular formula is C35H29Cl2N3O4S. The van der Waals surface area contributed by atoms with Crippen molar-refractivity contribution in [1.82, 2.24) is 5.43 Å². The van der Waals surface area contributed by atoms with Crippen LogP contribution < -0.4 is 14.5 Å². The molecule has 0 radical (unpaired) electrons. The first-order chi connectivity index (χ1) is 21.7. The van der Waals surface area contributed by atoms with E-state index in [0.717, 1.165) is 16.7 Å². The van der Waals surface area contributed by atoms with Gasteiger partial charge in [0.15, 0.2) is 0 Å². The predicted molar refractivity (Wildman–Crippen MR) is 180 cm³/mol. The summed E-state index contributed by atoms with van der Waals surface area (Å²) in [6, 6.07) is 34.6.